The molecule has 0 amide bonds. The minimum atomic E-state index is -2.59. The predicted molar refractivity (Wildman–Crippen MR) is 64.4 cm³/mol. The predicted octanol–water partition coefficient (Wildman–Crippen LogP) is 2.54. The maximum absolute atomic E-state index is 13.3. The van der Waals surface area contributed by atoms with E-state index >= 15 is 0 Å². The van der Waals surface area contributed by atoms with Crippen LogP contribution in [0.4, 0.5) is 8.78 Å². The zero-order valence-corrected chi connectivity index (χ0v) is 10.6. The van der Waals surface area contributed by atoms with Crippen LogP contribution in [0.25, 0.3) is 0 Å². The molecule has 0 aromatic carbocycles. The first-order valence-corrected chi connectivity index (χ1v) is 6.50. The van der Waals surface area contributed by atoms with E-state index in [1.165, 1.54) is 0 Å². The Morgan fingerprint density at radius 1 is 1.61 bits per heavy atom. The van der Waals surface area contributed by atoms with Crippen LogP contribution in [0.3, 0.4) is 0 Å². The van der Waals surface area contributed by atoms with Crippen LogP contribution in [0.2, 0.25) is 0 Å². The first-order valence-electron chi connectivity index (χ1n) is 6.50. The molecular formula is C13H20F2N2O. The minimum Gasteiger partial charge on any atom is -0.393 e. The average Bonchev–Trinajstić information content (AvgIpc) is 2.70. The van der Waals surface area contributed by atoms with Crippen LogP contribution in [0, 0.1) is 5.92 Å². The lowest BCUT2D eigenvalue weighted by atomic mass is 9.81. The molecule has 1 aliphatic carbocycles. The molecule has 5 heteroatoms. The van der Waals surface area contributed by atoms with Crippen LogP contribution in [-0.2, 0) is 13.5 Å². The zero-order valence-electron chi connectivity index (χ0n) is 10.6. The van der Waals surface area contributed by atoms with Crippen molar-refractivity contribution >= 4 is 0 Å². The Morgan fingerprint density at radius 3 is 3.00 bits per heavy atom. The molecule has 0 spiro atoms. The standard InChI is InChI=1S/C13H20F2N2O/c1-17-9-10(8-16-17)4-5-12(18)11-3-2-6-13(14,15)7-11/h8-9,11-12,18H,2-7H2,1H3. The number of hydrogen-bond acceptors (Lipinski definition) is 2. The van der Waals surface area contributed by atoms with Crippen molar-refractivity contribution < 1.29 is 13.9 Å². The van der Waals surface area contributed by atoms with E-state index in [2.05, 4.69) is 5.10 Å². The number of alkyl halides is 2. The Labute approximate surface area is 106 Å². The van der Waals surface area contributed by atoms with Crippen molar-refractivity contribution in [2.24, 2.45) is 13.0 Å². The van der Waals surface area contributed by atoms with Gasteiger partial charge >= 0.3 is 0 Å². The largest absolute Gasteiger partial charge is 0.393 e. The zero-order chi connectivity index (χ0) is 13.2. The second-order valence-corrected chi connectivity index (χ2v) is 5.34. The van der Waals surface area contributed by atoms with Gasteiger partial charge in [0.15, 0.2) is 0 Å². The molecule has 102 valence electrons. The third kappa shape index (κ3) is 3.51. The molecule has 1 fully saturated rings. The molecule has 1 N–H and O–H groups in total. The number of aliphatic hydroxyl groups is 1. The number of aryl methyl sites for hydroxylation is 2. The summed E-state index contributed by atoms with van der Waals surface area (Å²) < 4.78 is 28.2. The van der Waals surface area contributed by atoms with Gasteiger partial charge in [-0.1, -0.05) is 0 Å². The van der Waals surface area contributed by atoms with E-state index in [1.807, 2.05) is 13.2 Å². The van der Waals surface area contributed by atoms with Gasteiger partial charge in [-0.25, -0.2) is 8.78 Å². The average molecular weight is 258 g/mol. The summed E-state index contributed by atoms with van der Waals surface area (Å²) >= 11 is 0. The highest BCUT2D eigenvalue weighted by molar-refractivity contribution is 5.04. The van der Waals surface area contributed by atoms with Crippen molar-refractivity contribution in [3.8, 4) is 0 Å². The molecule has 1 aliphatic rings. The van der Waals surface area contributed by atoms with Gasteiger partial charge in [-0.3, -0.25) is 4.68 Å². The van der Waals surface area contributed by atoms with Crippen LogP contribution in [0.15, 0.2) is 12.4 Å². The summed E-state index contributed by atoms with van der Waals surface area (Å²) in [5, 5.41) is 14.1. The topological polar surface area (TPSA) is 38.0 Å². The van der Waals surface area contributed by atoms with Crippen molar-refractivity contribution in [3.05, 3.63) is 18.0 Å². The second kappa shape index (κ2) is 5.34. The highest BCUT2D eigenvalue weighted by Crippen LogP contribution is 2.38. The third-order valence-corrected chi connectivity index (χ3v) is 3.71. The van der Waals surface area contributed by atoms with E-state index in [4.69, 9.17) is 0 Å². The quantitative estimate of drug-likeness (QED) is 0.901. The summed E-state index contributed by atoms with van der Waals surface area (Å²) in [4.78, 5) is 0. The van der Waals surface area contributed by atoms with Gasteiger partial charge in [0.1, 0.15) is 0 Å². The van der Waals surface area contributed by atoms with Crippen LogP contribution in [0.1, 0.15) is 37.7 Å². The van der Waals surface area contributed by atoms with Gasteiger partial charge in [0.05, 0.1) is 12.3 Å². The molecule has 1 heterocycles. The molecule has 0 radical (unpaired) electrons. The summed E-state index contributed by atoms with van der Waals surface area (Å²) in [5.41, 5.74) is 1.04. The normalized spacial score (nSPS) is 25.0. The number of hydrogen-bond donors (Lipinski definition) is 1. The highest BCUT2D eigenvalue weighted by atomic mass is 19.3. The molecule has 18 heavy (non-hydrogen) atoms. The number of aromatic nitrogens is 2. The van der Waals surface area contributed by atoms with Gasteiger partial charge in [-0.15, -0.1) is 0 Å². The molecule has 1 aromatic heterocycles. The van der Waals surface area contributed by atoms with Gasteiger partial charge in [0.25, 0.3) is 0 Å². The SMILES string of the molecule is Cn1cc(CCC(O)C2CCCC(F)(F)C2)cn1. The van der Waals surface area contributed by atoms with Crippen LogP contribution >= 0.6 is 0 Å². The first kappa shape index (κ1) is 13.5. The van der Waals surface area contributed by atoms with Crippen molar-refractivity contribution in [2.45, 2.75) is 50.6 Å². The third-order valence-electron chi connectivity index (χ3n) is 3.71. The number of halogens is 2. The maximum Gasteiger partial charge on any atom is 0.248 e. The number of aliphatic hydroxyl groups excluding tert-OH is 1. The minimum absolute atomic E-state index is 0.0289. The van der Waals surface area contributed by atoms with E-state index in [0.717, 1.165) is 5.56 Å². The molecular weight excluding hydrogens is 238 g/mol. The Morgan fingerprint density at radius 2 is 2.39 bits per heavy atom. The highest BCUT2D eigenvalue weighted by Gasteiger charge is 2.38. The fraction of sp³-hybridized carbons (Fsp3) is 0.769. The molecule has 3 nitrogen and oxygen atoms in total. The molecule has 2 atom stereocenters. The first-order chi connectivity index (χ1) is 8.46. The van der Waals surface area contributed by atoms with Gasteiger partial charge in [0.2, 0.25) is 5.92 Å². The molecule has 1 aromatic rings. The molecule has 2 rings (SSSR count). The lowest BCUT2D eigenvalue weighted by Gasteiger charge is -2.31. The lowest BCUT2D eigenvalue weighted by molar-refractivity contribution is -0.0763. The second-order valence-electron chi connectivity index (χ2n) is 5.34. The Balaban J connectivity index is 1.82. The molecule has 0 aliphatic heterocycles. The summed E-state index contributed by atoms with van der Waals surface area (Å²) in [6, 6.07) is 0. The molecule has 0 bridgehead atoms. The maximum atomic E-state index is 13.3. The van der Waals surface area contributed by atoms with Crippen LogP contribution in [0.5, 0.6) is 0 Å². The summed E-state index contributed by atoms with van der Waals surface area (Å²) in [5.74, 6) is -2.84. The van der Waals surface area contributed by atoms with Crippen molar-refractivity contribution in [1.82, 2.24) is 9.78 Å². The van der Waals surface area contributed by atoms with E-state index < -0.39 is 12.0 Å². The van der Waals surface area contributed by atoms with E-state index in [9.17, 15) is 13.9 Å². The van der Waals surface area contributed by atoms with E-state index in [1.54, 1.807) is 10.9 Å². The fourth-order valence-electron chi connectivity index (χ4n) is 2.69. The van der Waals surface area contributed by atoms with Gasteiger partial charge in [-0.05, 0) is 37.2 Å². The smallest absolute Gasteiger partial charge is 0.248 e. The van der Waals surface area contributed by atoms with Crippen molar-refractivity contribution in [3.63, 3.8) is 0 Å². The van der Waals surface area contributed by atoms with Crippen molar-refractivity contribution in [2.75, 3.05) is 0 Å². The number of nitrogens with zero attached hydrogens (tertiary/aromatic N) is 2. The number of rotatable bonds is 4. The Hall–Kier alpha value is -0.970. The molecule has 1 saturated carbocycles. The van der Waals surface area contributed by atoms with Gasteiger partial charge in [-0.2, -0.15) is 5.10 Å². The Bertz CT molecular complexity index is 392. The van der Waals surface area contributed by atoms with Crippen molar-refractivity contribution in [1.29, 1.82) is 0 Å². The van der Waals surface area contributed by atoms with Gasteiger partial charge in [0, 0.05) is 26.1 Å². The van der Waals surface area contributed by atoms with E-state index in [0.29, 0.717) is 25.7 Å². The summed E-state index contributed by atoms with van der Waals surface area (Å²) in [6.07, 6.45) is 5.27. The lowest BCUT2D eigenvalue weighted by Crippen LogP contribution is -2.33. The van der Waals surface area contributed by atoms with Crippen LogP contribution < -0.4 is 0 Å². The fourth-order valence-corrected chi connectivity index (χ4v) is 2.69. The summed E-state index contributed by atoms with van der Waals surface area (Å²) in [7, 11) is 1.83. The monoisotopic (exact) mass is 258 g/mol. The van der Waals surface area contributed by atoms with E-state index in [-0.39, 0.29) is 18.8 Å². The van der Waals surface area contributed by atoms with Crippen LogP contribution in [-0.4, -0.2) is 26.9 Å². The molecule has 2 unspecified atom stereocenters. The van der Waals surface area contributed by atoms with Gasteiger partial charge < -0.3 is 5.11 Å². The molecule has 0 saturated heterocycles. The Kier molecular flexibility index (Phi) is 4.00. The summed E-state index contributed by atoms with van der Waals surface area (Å²) in [6.45, 7) is 0.